The minimum Gasteiger partial charge on any atom is -0.319 e. The van der Waals surface area contributed by atoms with Gasteiger partial charge in [0.05, 0.1) is 0 Å². The number of hydrogen-bond donors (Lipinski definition) is 4. The molecule has 4 nitrogen and oxygen atoms in total. The topological polar surface area (TPSA) is 80.9 Å². The number of hydrogen-bond acceptors (Lipinski definition) is 4. The molecule has 0 aromatic rings. The van der Waals surface area contributed by atoms with E-state index in [0.717, 1.165) is 0 Å². The van der Waals surface area contributed by atoms with Crippen molar-refractivity contribution in [3.05, 3.63) is 0 Å². The van der Waals surface area contributed by atoms with Crippen LogP contribution in [-0.4, -0.2) is 26.6 Å². The van der Waals surface area contributed by atoms with Crippen LogP contribution in [0, 0.1) is 0 Å². The molecule has 0 spiro atoms. The molecule has 0 atom stereocenters. The molecular weight excluding hydrogens is 878 g/mol. The summed E-state index contributed by atoms with van der Waals surface area (Å²) >= 11 is 0. The zero-order valence-corrected chi connectivity index (χ0v) is 27.1. The summed E-state index contributed by atoms with van der Waals surface area (Å²) in [5.74, 6) is 0. The smallest absolute Gasteiger partial charge is 0.319 e. The fraction of sp³-hybridized carbons (Fsp3) is 1.00. The van der Waals surface area contributed by atoms with Crippen molar-refractivity contribution in [2.24, 2.45) is 0 Å². The summed E-state index contributed by atoms with van der Waals surface area (Å²) in [4.78, 5) is 0. The van der Waals surface area contributed by atoms with Gasteiger partial charge in [0.2, 0.25) is 0 Å². The third kappa shape index (κ3) is 82.9. The first kappa shape index (κ1) is 29.4. The normalized spacial score (nSPS) is 6.67. The van der Waals surface area contributed by atoms with Crippen LogP contribution in [0.3, 0.4) is 0 Å². The zero-order chi connectivity index (χ0) is 4.50. The Bertz CT molecular complexity index is 28.0. The van der Waals surface area contributed by atoms with E-state index in [1.807, 2.05) is 0 Å². The molecule has 0 rings (SSSR count). The molecule has 0 fully saturated rings. The van der Waals surface area contributed by atoms with Crippen LogP contribution < -0.4 is 0 Å². The second-order valence-corrected chi connectivity index (χ2v) is 0.600. The molecule has 0 heterocycles. The van der Waals surface area contributed by atoms with Gasteiger partial charge in [0, 0.05) is 111 Å². The van der Waals surface area contributed by atoms with Crippen LogP contribution in [0.1, 0.15) is 0 Å². The molecule has 0 aliphatic heterocycles. The van der Waals surface area contributed by atoms with Gasteiger partial charge in [-0.1, -0.05) is 0 Å². The quantitative estimate of drug-likeness (QED) is 0.161. The molecule has 0 aromatic carbocycles. The monoisotopic (exact) mass is 888 g/mol. The molecule has 0 aromatic heterocycles. The fourth-order valence-corrected chi connectivity index (χ4v) is 0. The van der Waals surface area contributed by atoms with E-state index >= 15 is 0 Å². The first-order valence-corrected chi connectivity index (χ1v) is 0.894. The molecule has 8 heteroatoms. The van der Waals surface area contributed by atoms with Crippen LogP contribution in [0.5, 0.6) is 0 Å². The molecule has 40 valence electrons. The summed E-state index contributed by atoms with van der Waals surface area (Å²) in [6, 6.07) is 0. The van der Waals surface area contributed by atoms with Crippen molar-refractivity contribution in [1.82, 2.24) is 0 Å². The van der Waals surface area contributed by atoms with Gasteiger partial charge in [0.25, 0.3) is 0 Å². The predicted octanol–water partition coefficient (Wildman–Crippen LogP) is -2.44. The fourth-order valence-electron chi connectivity index (χ4n) is 0. The first-order valence-electron chi connectivity index (χ1n) is 0.894. The first-order chi connectivity index (χ1) is 2.00. The Balaban J connectivity index is -0.0000000133. The molecule has 0 aliphatic rings. The Morgan fingerprint density at radius 3 is 0.556 bits per heavy atom. The van der Waals surface area contributed by atoms with Gasteiger partial charge in [-0.3, -0.25) is 0 Å². The Kier molecular flexibility index (Phi) is 46.1. The van der Waals surface area contributed by atoms with E-state index in [4.69, 9.17) is 20.4 Å². The van der Waals surface area contributed by atoms with E-state index in [1.165, 1.54) is 0 Å². The van der Waals surface area contributed by atoms with Crippen molar-refractivity contribution < 1.29 is 131 Å². The third-order valence-electron chi connectivity index (χ3n) is 0. The summed E-state index contributed by atoms with van der Waals surface area (Å²) in [6.07, 6.45) is -3.50. The Labute approximate surface area is 134 Å². The van der Waals surface area contributed by atoms with Crippen molar-refractivity contribution in [1.29, 1.82) is 0 Å². The van der Waals surface area contributed by atoms with E-state index in [9.17, 15) is 0 Å². The van der Waals surface area contributed by atoms with Crippen LogP contribution in [-0.2, 0) is 111 Å². The predicted molar refractivity (Wildman–Crippen MR) is 11.6 cm³/mol. The largest absolute Gasteiger partial charge is 0.402 e. The van der Waals surface area contributed by atoms with Crippen molar-refractivity contribution in [2.45, 2.75) is 6.16 Å². The van der Waals surface area contributed by atoms with Gasteiger partial charge >= 0.3 is 6.16 Å². The average Bonchev–Trinajstić information content (AvgIpc) is 0.722. The third-order valence-corrected chi connectivity index (χ3v) is 0. The van der Waals surface area contributed by atoms with Crippen molar-refractivity contribution in [2.75, 3.05) is 0 Å². The van der Waals surface area contributed by atoms with Gasteiger partial charge in [0.15, 0.2) is 0 Å². The maximum Gasteiger partial charge on any atom is 0.402 e. The van der Waals surface area contributed by atoms with Crippen molar-refractivity contribution in [3.8, 4) is 0 Å². The van der Waals surface area contributed by atoms with Crippen LogP contribution in [0.4, 0.5) is 0 Å². The summed E-state index contributed by atoms with van der Waals surface area (Å²) in [5.41, 5.74) is 0. The number of rotatable bonds is 0. The van der Waals surface area contributed by atoms with Crippen LogP contribution in [0.2, 0.25) is 0 Å². The molecule has 0 radical (unpaired) electrons. The number of aliphatic hydroxyl groups is 4. The second kappa shape index (κ2) is 14.1. The molecule has 0 saturated heterocycles. The molecular formula is CH4Hg4O4. The molecule has 9 heavy (non-hydrogen) atoms. The maximum absolute atomic E-state index is 7.19. The molecule has 0 aliphatic carbocycles. The van der Waals surface area contributed by atoms with Gasteiger partial charge in [-0.15, -0.1) is 0 Å². The van der Waals surface area contributed by atoms with Crippen LogP contribution >= 0.6 is 0 Å². The van der Waals surface area contributed by atoms with Crippen molar-refractivity contribution >= 4 is 0 Å². The molecule has 0 saturated carbocycles. The van der Waals surface area contributed by atoms with Gasteiger partial charge in [-0.05, 0) is 0 Å². The van der Waals surface area contributed by atoms with E-state index < -0.39 is 6.16 Å². The zero-order valence-electron chi connectivity index (χ0n) is 5.12. The van der Waals surface area contributed by atoms with Crippen LogP contribution in [0.15, 0.2) is 0 Å². The Hall–Kier alpha value is 3.58. The second-order valence-electron chi connectivity index (χ2n) is 0.600. The summed E-state index contributed by atoms with van der Waals surface area (Å²) in [5, 5.41) is 28.8. The van der Waals surface area contributed by atoms with Gasteiger partial charge in [-0.25, -0.2) is 0 Å². The summed E-state index contributed by atoms with van der Waals surface area (Å²) in [7, 11) is 0. The van der Waals surface area contributed by atoms with Crippen LogP contribution in [0.25, 0.3) is 0 Å². The Morgan fingerprint density at radius 2 is 0.556 bits per heavy atom. The minimum atomic E-state index is -3.50. The van der Waals surface area contributed by atoms with E-state index in [2.05, 4.69) is 0 Å². The molecule has 0 amide bonds. The molecule has 0 bridgehead atoms. The van der Waals surface area contributed by atoms with E-state index in [1.54, 1.807) is 0 Å². The van der Waals surface area contributed by atoms with E-state index in [0.29, 0.717) is 0 Å². The van der Waals surface area contributed by atoms with Gasteiger partial charge in [0.1, 0.15) is 0 Å². The minimum absolute atomic E-state index is 0. The standard InChI is InChI=1S/CH4O4.4Hg/c2-1(3,4)5;;;;/h2-5H;;;;. The van der Waals surface area contributed by atoms with Crippen molar-refractivity contribution in [3.63, 3.8) is 0 Å². The SMILES string of the molecule is OC(O)(O)O.[Hg].[Hg].[Hg].[Hg]. The average molecular weight is 882 g/mol. The van der Waals surface area contributed by atoms with E-state index in [-0.39, 0.29) is 111 Å². The van der Waals surface area contributed by atoms with Gasteiger partial charge in [-0.2, -0.15) is 0 Å². The van der Waals surface area contributed by atoms with Gasteiger partial charge < -0.3 is 20.4 Å². The Morgan fingerprint density at radius 1 is 0.556 bits per heavy atom. The molecule has 0 unspecified atom stereocenters. The maximum atomic E-state index is 7.19. The summed E-state index contributed by atoms with van der Waals surface area (Å²) < 4.78 is 0. The summed E-state index contributed by atoms with van der Waals surface area (Å²) in [6.45, 7) is 0. The molecule has 4 N–H and O–H groups in total.